The normalized spacial score (nSPS) is 10.2. The van der Waals surface area contributed by atoms with E-state index in [2.05, 4.69) is 9.97 Å². The van der Waals surface area contributed by atoms with Crippen LogP contribution in [0.1, 0.15) is 13.8 Å². The molecule has 7 heteroatoms. The molecule has 0 radical (unpaired) electrons. The van der Waals surface area contributed by atoms with E-state index in [1.807, 2.05) is 13.8 Å². The highest BCUT2D eigenvalue weighted by Crippen LogP contribution is 2.29. The second-order valence-electron chi connectivity index (χ2n) is 3.99. The number of rotatable bonds is 6. The summed E-state index contributed by atoms with van der Waals surface area (Å²) in [7, 11) is 1.41. The number of nitrogens with zero attached hydrogens (tertiary/aromatic N) is 3. The van der Waals surface area contributed by atoms with Crippen molar-refractivity contribution in [1.82, 2.24) is 14.5 Å². The molecule has 1 aromatic carbocycles. The molecule has 0 saturated carbocycles. The molecule has 1 aromatic heterocycles. The summed E-state index contributed by atoms with van der Waals surface area (Å²) in [5, 5.41) is 0. The Morgan fingerprint density at radius 3 is 2.48 bits per heavy atom. The summed E-state index contributed by atoms with van der Waals surface area (Å²) in [6.07, 6.45) is 1.36. The third kappa shape index (κ3) is 3.31. The first-order chi connectivity index (χ1) is 10.2. The van der Waals surface area contributed by atoms with E-state index in [1.54, 1.807) is 18.2 Å². The molecule has 0 atom stereocenters. The minimum atomic E-state index is -0.478. The predicted molar refractivity (Wildman–Crippen MR) is 76.5 cm³/mol. The van der Waals surface area contributed by atoms with Crippen molar-refractivity contribution in [2.75, 3.05) is 20.3 Å². The number of hydrogen-bond acceptors (Lipinski definition) is 6. The lowest BCUT2D eigenvalue weighted by atomic mass is 10.2. The number of hydrogen-bond donors (Lipinski definition) is 0. The van der Waals surface area contributed by atoms with E-state index < -0.39 is 5.69 Å². The largest absolute Gasteiger partial charge is 0.490 e. The minimum Gasteiger partial charge on any atom is -0.490 e. The quantitative estimate of drug-likeness (QED) is 0.801. The molecule has 2 rings (SSSR count). The molecule has 0 amide bonds. The van der Waals surface area contributed by atoms with Gasteiger partial charge in [0.15, 0.2) is 11.5 Å². The molecule has 0 unspecified atom stereocenters. The predicted octanol–water partition coefficient (Wildman–Crippen LogP) is 1.43. The van der Waals surface area contributed by atoms with Crippen molar-refractivity contribution in [3.8, 4) is 23.2 Å². The SMILES string of the molecule is CCOc1ccc(-n2cnc(OC)nc2=O)cc1OCC. The molecule has 0 aliphatic carbocycles. The molecule has 7 nitrogen and oxygen atoms in total. The number of ether oxygens (including phenoxy) is 3. The fourth-order valence-corrected chi connectivity index (χ4v) is 1.79. The van der Waals surface area contributed by atoms with Crippen LogP contribution in [0, 0.1) is 0 Å². The van der Waals surface area contributed by atoms with Crippen LogP contribution in [-0.4, -0.2) is 34.9 Å². The fourth-order valence-electron chi connectivity index (χ4n) is 1.79. The molecule has 0 aliphatic rings. The number of benzene rings is 1. The Bertz CT molecular complexity index is 670. The van der Waals surface area contributed by atoms with E-state index >= 15 is 0 Å². The van der Waals surface area contributed by atoms with Gasteiger partial charge in [-0.25, -0.2) is 4.79 Å². The second-order valence-corrected chi connectivity index (χ2v) is 3.99. The maximum atomic E-state index is 11.9. The van der Waals surface area contributed by atoms with Crippen molar-refractivity contribution in [2.45, 2.75) is 13.8 Å². The van der Waals surface area contributed by atoms with Gasteiger partial charge in [0, 0.05) is 6.07 Å². The third-order valence-corrected chi connectivity index (χ3v) is 2.67. The lowest BCUT2D eigenvalue weighted by molar-refractivity contribution is 0.287. The Kier molecular flexibility index (Phi) is 4.76. The van der Waals surface area contributed by atoms with Crippen LogP contribution in [0.15, 0.2) is 29.3 Å². The van der Waals surface area contributed by atoms with E-state index in [9.17, 15) is 4.79 Å². The van der Waals surface area contributed by atoms with Crippen molar-refractivity contribution in [3.63, 3.8) is 0 Å². The average molecular weight is 291 g/mol. The standard InChI is InChI=1S/C14H17N3O4/c1-4-20-11-7-6-10(8-12(11)21-5-2)17-9-15-13(19-3)16-14(17)18/h6-9H,4-5H2,1-3H3. The van der Waals surface area contributed by atoms with Gasteiger partial charge in [0.25, 0.3) is 0 Å². The molecule has 2 aromatic rings. The maximum absolute atomic E-state index is 11.9. The van der Waals surface area contributed by atoms with Crippen molar-refractivity contribution >= 4 is 0 Å². The van der Waals surface area contributed by atoms with Gasteiger partial charge in [-0.3, -0.25) is 4.57 Å². The Balaban J connectivity index is 2.44. The average Bonchev–Trinajstić information content (AvgIpc) is 2.49. The van der Waals surface area contributed by atoms with Gasteiger partial charge in [0.1, 0.15) is 6.33 Å². The molecule has 112 valence electrons. The van der Waals surface area contributed by atoms with E-state index in [0.717, 1.165) is 0 Å². The zero-order valence-electron chi connectivity index (χ0n) is 12.2. The lowest BCUT2D eigenvalue weighted by Gasteiger charge is -2.13. The van der Waals surface area contributed by atoms with Gasteiger partial charge in [-0.15, -0.1) is 4.98 Å². The van der Waals surface area contributed by atoms with Crippen molar-refractivity contribution in [1.29, 1.82) is 0 Å². The minimum absolute atomic E-state index is 0.0345. The van der Waals surface area contributed by atoms with Crippen LogP contribution in [-0.2, 0) is 0 Å². The number of methoxy groups -OCH3 is 1. The van der Waals surface area contributed by atoms with Crippen LogP contribution in [0.4, 0.5) is 0 Å². The van der Waals surface area contributed by atoms with Crippen molar-refractivity contribution in [3.05, 3.63) is 35.0 Å². The zero-order chi connectivity index (χ0) is 15.2. The van der Waals surface area contributed by atoms with Gasteiger partial charge in [-0.1, -0.05) is 0 Å². The van der Waals surface area contributed by atoms with Crippen LogP contribution >= 0.6 is 0 Å². The highest BCUT2D eigenvalue weighted by Gasteiger charge is 2.09. The van der Waals surface area contributed by atoms with Crippen molar-refractivity contribution in [2.24, 2.45) is 0 Å². The van der Waals surface area contributed by atoms with Crippen LogP contribution in [0.3, 0.4) is 0 Å². The van der Waals surface area contributed by atoms with Gasteiger partial charge in [-0.05, 0) is 26.0 Å². The molecule has 0 saturated heterocycles. The molecule has 0 aliphatic heterocycles. The summed E-state index contributed by atoms with van der Waals surface area (Å²) >= 11 is 0. The van der Waals surface area contributed by atoms with E-state index in [1.165, 1.54) is 18.0 Å². The molecule has 0 spiro atoms. The smallest absolute Gasteiger partial charge is 0.358 e. The fraction of sp³-hybridized carbons (Fsp3) is 0.357. The first kappa shape index (κ1) is 14.8. The van der Waals surface area contributed by atoms with Crippen LogP contribution in [0.2, 0.25) is 0 Å². The van der Waals surface area contributed by atoms with Crippen molar-refractivity contribution < 1.29 is 14.2 Å². The highest BCUT2D eigenvalue weighted by atomic mass is 16.5. The summed E-state index contributed by atoms with van der Waals surface area (Å²) in [4.78, 5) is 19.6. The summed E-state index contributed by atoms with van der Waals surface area (Å²) in [6.45, 7) is 4.80. The van der Waals surface area contributed by atoms with Gasteiger partial charge in [0.2, 0.25) is 0 Å². The number of aromatic nitrogens is 3. The van der Waals surface area contributed by atoms with E-state index in [0.29, 0.717) is 30.4 Å². The molecular formula is C14H17N3O4. The maximum Gasteiger partial charge on any atom is 0.358 e. The van der Waals surface area contributed by atoms with E-state index in [-0.39, 0.29) is 6.01 Å². The summed E-state index contributed by atoms with van der Waals surface area (Å²) in [6, 6.07) is 5.24. The summed E-state index contributed by atoms with van der Waals surface area (Å²) in [5.74, 6) is 1.20. The van der Waals surface area contributed by atoms with Gasteiger partial charge in [-0.2, -0.15) is 4.98 Å². The van der Waals surface area contributed by atoms with E-state index in [4.69, 9.17) is 14.2 Å². The highest BCUT2D eigenvalue weighted by molar-refractivity contribution is 5.48. The molecule has 0 N–H and O–H groups in total. The monoisotopic (exact) mass is 291 g/mol. The Morgan fingerprint density at radius 1 is 1.14 bits per heavy atom. The molecule has 0 fully saturated rings. The Hall–Kier alpha value is -2.57. The van der Waals surface area contributed by atoms with Gasteiger partial charge < -0.3 is 14.2 Å². The second kappa shape index (κ2) is 6.74. The first-order valence-electron chi connectivity index (χ1n) is 6.59. The Labute approximate surface area is 122 Å². The van der Waals surface area contributed by atoms with Gasteiger partial charge >= 0.3 is 11.7 Å². The van der Waals surface area contributed by atoms with Crippen LogP contribution in [0.5, 0.6) is 17.5 Å². The zero-order valence-corrected chi connectivity index (χ0v) is 12.2. The Morgan fingerprint density at radius 2 is 1.86 bits per heavy atom. The lowest BCUT2D eigenvalue weighted by Crippen LogP contribution is -2.22. The molecule has 0 bridgehead atoms. The molecule has 1 heterocycles. The summed E-state index contributed by atoms with van der Waals surface area (Å²) < 4.78 is 17.1. The van der Waals surface area contributed by atoms with Crippen LogP contribution < -0.4 is 19.9 Å². The topological polar surface area (TPSA) is 75.5 Å². The van der Waals surface area contributed by atoms with Crippen LogP contribution in [0.25, 0.3) is 5.69 Å². The molecular weight excluding hydrogens is 274 g/mol. The summed E-state index contributed by atoms with van der Waals surface area (Å²) in [5.41, 5.74) is 0.114. The first-order valence-corrected chi connectivity index (χ1v) is 6.59. The third-order valence-electron chi connectivity index (χ3n) is 2.67. The molecule has 21 heavy (non-hydrogen) atoms. The van der Waals surface area contributed by atoms with Gasteiger partial charge in [0.05, 0.1) is 26.0 Å².